The molecule has 0 saturated carbocycles. The minimum absolute atomic E-state index is 0.0619. The summed E-state index contributed by atoms with van der Waals surface area (Å²) in [5, 5.41) is 26.8. The van der Waals surface area contributed by atoms with Crippen LogP contribution in [0.5, 0.6) is 0 Å². The first-order chi connectivity index (χ1) is 72.1. The monoisotopic (exact) mass is 1860 g/mol. The predicted octanol–water partition coefficient (Wildman–Crippen LogP) is 40.3. The van der Waals surface area contributed by atoms with E-state index < -0.39 is 0 Å². The van der Waals surface area contributed by atoms with E-state index in [2.05, 4.69) is 556 Å². The number of para-hydroxylation sites is 2. The first-order valence-corrected chi connectivity index (χ1v) is 50.3. The maximum Gasteiger partial charge on any atom is 0.137 e. The van der Waals surface area contributed by atoms with Crippen LogP contribution in [0.2, 0.25) is 0 Å². The second kappa shape index (κ2) is 36.0. The van der Waals surface area contributed by atoms with Gasteiger partial charge in [0, 0.05) is 83.8 Å². The van der Waals surface area contributed by atoms with Crippen molar-refractivity contribution in [3.05, 3.63) is 551 Å². The Morgan fingerprint density at radius 3 is 1.12 bits per heavy atom. The zero-order chi connectivity index (χ0) is 96.9. The zero-order valence-corrected chi connectivity index (χ0v) is 80.5. The molecule has 29 rings (SSSR count). The van der Waals surface area contributed by atoms with Crippen molar-refractivity contribution in [1.29, 1.82) is 0 Å². The van der Waals surface area contributed by atoms with E-state index in [4.69, 9.17) is 8.83 Å². The van der Waals surface area contributed by atoms with Gasteiger partial charge in [0.2, 0.25) is 0 Å². The fraction of sp³-hybridized carbons (Fsp3) is 0.0213. The van der Waals surface area contributed by atoms with Gasteiger partial charge in [-0.05, 0) is 297 Å². The lowest BCUT2D eigenvalue weighted by Crippen LogP contribution is -2.15. The normalized spacial score (nSPS) is 12.1. The van der Waals surface area contributed by atoms with Gasteiger partial charge in [-0.25, -0.2) is 0 Å². The van der Waals surface area contributed by atoms with Crippen LogP contribution in [0.3, 0.4) is 0 Å². The molecule has 2 aromatic heterocycles. The van der Waals surface area contributed by atoms with Crippen molar-refractivity contribution in [2.45, 2.75) is 19.3 Å². The molecule has 0 aliphatic heterocycles. The van der Waals surface area contributed by atoms with Crippen LogP contribution in [0.25, 0.3) is 208 Å². The Morgan fingerprint density at radius 2 is 0.500 bits per heavy atom. The van der Waals surface area contributed by atoms with Crippen molar-refractivity contribution in [2.24, 2.45) is 0 Å². The summed E-state index contributed by atoms with van der Waals surface area (Å²) in [6, 6.07) is 196. The van der Waals surface area contributed by atoms with E-state index in [1.54, 1.807) is 0 Å². The number of hydrogen-bond donors (Lipinski definition) is 0. The van der Waals surface area contributed by atoms with Crippen molar-refractivity contribution >= 4 is 192 Å². The molecule has 0 fully saturated rings. The number of benzene rings is 26. The molecule has 1 aliphatic carbocycles. The lowest BCUT2D eigenvalue weighted by molar-refractivity contribution is 0.660. The Morgan fingerprint density at radius 1 is 0.144 bits per heavy atom. The van der Waals surface area contributed by atoms with Gasteiger partial charge in [-0.2, -0.15) is 0 Å². The molecular formula is C141H95N3O2. The average molecular weight is 1860 g/mol. The van der Waals surface area contributed by atoms with Crippen LogP contribution in [0.1, 0.15) is 25.0 Å². The van der Waals surface area contributed by atoms with Gasteiger partial charge in [-0.1, -0.05) is 414 Å². The van der Waals surface area contributed by atoms with E-state index in [0.29, 0.717) is 0 Å². The fourth-order valence-corrected chi connectivity index (χ4v) is 22.9. The molecule has 1 aliphatic rings. The molecule has 0 radical (unpaired) electrons. The molecule has 0 saturated heterocycles. The lowest BCUT2D eigenvalue weighted by Gasteiger charge is -2.28. The number of hydrogen-bond acceptors (Lipinski definition) is 5. The highest BCUT2D eigenvalue weighted by Crippen LogP contribution is 2.54. The topological polar surface area (TPSA) is 36.0 Å². The lowest BCUT2D eigenvalue weighted by atomic mass is 9.82. The van der Waals surface area contributed by atoms with Gasteiger partial charge in [0.1, 0.15) is 22.3 Å². The van der Waals surface area contributed by atoms with Gasteiger partial charge in [0.25, 0.3) is 0 Å². The van der Waals surface area contributed by atoms with Crippen LogP contribution in [-0.2, 0) is 5.41 Å². The third kappa shape index (κ3) is 15.4. The van der Waals surface area contributed by atoms with Crippen LogP contribution in [-0.4, -0.2) is 0 Å². The third-order valence-electron chi connectivity index (χ3n) is 30.0. The molecule has 686 valence electrons. The Bertz CT molecular complexity index is 9930. The second-order valence-corrected chi connectivity index (χ2v) is 38.9. The maximum absolute atomic E-state index is 6.58. The summed E-state index contributed by atoms with van der Waals surface area (Å²) in [7, 11) is 0. The van der Waals surface area contributed by atoms with Gasteiger partial charge in [-0.15, -0.1) is 0 Å². The van der Waals surface area contributed by atoms with Gasteiger partial charge in [-0.3, -0.25) is 0 Å². The van der Waals surface area contributed by atoms with Crippen LogP contribution in [0.15, 0.2) is 549 Å². The highest BCUT2D eigenvalue weighted by atomic mass is 16.3. The molecule has 0 bridgehead atoms. The summed E-state index contributed by atoms with van der Waals surface area (Å²) in [4.78, 5) is 7.25. The summed E-state index contributed by atoms with van der Waals surface area (Å²) in [6.45, 7) is 4.70. The van der Waals surface area contributed by atoms with Gasteiger partial charge >= 0.3 is 0 Å². The molecular weight excluding hydrogens is 1770 g/mol. The smallest absolute Gasteiger partial charge is 0.137 e. The van der Waals surface area contributed by atoms with E-state index in [-0.39, 0.29) is 5.41 Å². The second-order valence-electron chi connectivity index (χ2n) is 38.9. The molecule has 26 aromatic carbocycles. The summed E-state index contributed by atoms with van der Waals surface area (Å²) in [6.07, 6.45) is 0. The van der Waals surface area contributed by atoms with Crippen LogP contribution in [0.4, 0.5) is 51.2 Å². The first-order valence-electron chi connectivity index (χ1n) is 50.3. The van der Waals surface area contributed by atoms with Crippen molar-refractivity contribution in [2.75, 3.05) is 14.7 Å². The Labute approximate surface area is 846 Å². The molecule has 0 amide bonds. The number of furan rings is 2. The predicted molar refractivity (Wildman–Crippen MR) is 620 cm³/mol. The highest BCUT2D eigenvalue weighted by molar-refractivity contribution is 6.22. The minimum Gasteiger partial charge on any atom is -0.456 e. The van der Waals surface area contributed by atoms with E-state index in [1.165, 1.54) is 169 Å². The number of rotatable bonds is 14. The number of fused-ring (bicyclic) bond motifs is 23. The molecule has 5 nitrogen and oxygen atoms in total. The molecule has 0 atom stereocenters. The fourth-order valence-electron chi connectivity index (χ4n) is 22.9. The van der Waals surface area contributed by atoms with Crippen molar-refractivity contribution in [1.82, 2.24) is 0 Å². The Hall–Kier alpha value is -18.9. The Balaban J connectivity index is 0.000000109. The summed E-state index contributed by atoms with van der Waals surface area (Å²) >= 11 is 0. The molecule has 5 heteroatoms. The van der Waals surface area contributed by atoms with E-state index >= 15 is 0 Å². The number of anilines is 9. The zero-order valence-electron chi connectivity index (χ0n) is 80.5. The number of nitrogens with zero attached hydrogens (tertiary/aromatic N) is 3. The summed E-state index contributed by atoms with van der Waals surface area (Å²) < 4.78 is 12.8. The SMILES string of the molecule is CC1(C)c2ccccc2-c2cc(N(c3cc(-c4ccccc4)cc(-c4ccccc4)c3)c3ccc4ccc5c6ccccc6ccc5c4c3)ccc21.c1ccc(-c2ccc(N(c3ccc4oc5ccccc5c4c3)c3cc4ccccc4c4ccc(-c5ccccc5)cc34)cc2)cc1.c1ccc(-c2ccccc2N(c2ccc3c(c2)oc2cc4ccccc4cc23)c2ccc3ccc4c5ccccc5ccc4c3c2)cc1. The van der Waals surface area contributed by atoms with Gasteiger partial charge < -0.3 is 23.5 Å². The summed E-state index contributed by atoms with van der Waals surface area (Å²) in [5.41, 5.74) is 30.7. The van der Waals surface area contributed by atoms with Gasteiger partial charge in [0.05, 0.1) is 11.4 Å². The molecule has 146 heavy (non-hydrogen) atoms. The quantitative estimate of drug-likeness (QED) is 0.101. The molecule has 0 N–H and O–H groups in total. The minimum atomic E-state index is -0.0619. The first kappa shape index (κ1) is 86.2. The van der Waals surface area contributed by atoms with Crippen LogP contribution < -0.4 is 14.7 Å². The average Bonchev–Trinajstić information content (AvgIpc) is 1.56. The largest absolute Gasteiger partial charge is 0.456 e. The molecule has 2 heterocycles. The van der Waals surface area contributed by atoms with E-state index in [0.717, 1.165) is 101 Å². The van der Waals surface area contributed by atoms with Crippen LogP contribution >= 0.6 is 0 Å². The molecule has 0 unspecified atom stereocenters. The highest BCUT2D eigenvalue weighted by Gasteiger charge is 2.36. The van der Waals surface area contributed by atoms with E-state index in [1.807, 2.05) is 12.1 Å². The Kier molecular flexibility index (Phi) is 21.2. The van der Waals surface area contributed by atoms with Gasteiger partial charge in [0.15, 0.2) is 0 Å². The standard InChI is InChI=1S/C51H37N.C46H29NO.C44H29NO/c1-51(2)49-20-12-11-19-46(49)48-33-41(25-28-50(48)51)52(42-30-38(34-13-5-3-6-14-34)29-39(31-42)35-15-7-4-8-16-35)40-24-21-37-23-26-44-43-18-10-9-17-36(43)22-27-45(44)47(37)32-40;1-2-10-30(11-3-1)38-16-8-9-17-44(38)47(36-22-25-41-43-26-33-13-4-5-14-34(33)27-45(43)48-46(41)29-36)35-21-18-32-20-23-39-37-15-7-6-12-31(37)19-24-40(39)42(32)28-35;1-3-11-30(12-4-1)32-19-22-35(23-20-32)45(36-24-26-44-41(29-36)39-17-9-10-18-43(39)46-44)42-28-34-15-7-8-16-37(34)38-25-21-33(27-40(38)42)31-13-5-2-6-14-31/h3-33H,1-2H3;1-29H;1-29H. The van der Waals surface area contributed by atoms with Crippen molar-refractivity contribution in [3.63, 3.8) is 0 Å². The molecule has 0 spiro atoms. The van der Waals surface area contributed by atoms with E-state index in [9.17, 15) is 0 Å². The molecule has 28 aromatic rings. The van der Waals surface area contributed by atoms with Crippen LogP contribution in [0, 0.1) is 0 Å². The van der Waals surface area contributed by atoms with Crippen molar-refractivity contribution in [3.8, 4) is 66.8 Å². The third-order valence-corrected chi connectivity index (χ3v) is 30.0. The van der Waals surface area contributed by atoms with Crippen molar-refractivity contribution < 1.29 is 8.83 Å². The summed E-state index contributed by atoms with van der Waals surface area (Å²) in [5.74, 6) is 0. The maximum atomic E-state index is 6.58.